The molecule has 2 N–H and O–H groups in total. The fourth-order valence-corrected chi connectivity index (χ4v) is 3.05. The SMILES string of the molecule is O=C(NCCC1CCNC1)C1CCCCCC1. The van der Waals surface area contributed by atoms with Crippen LogP contribution in [0.5, 0.6) is 0 Å². The molecule has 2 rings (SSSR count). The van der Waals surface area contributed by atoms with E-state index in [-0.39, 0.29) is 0 Å². The van der Waals surface area contributed by atoms with Gasteiger partial charge in [0, 0.05) is 12.5 Å². The molecule has 1 saturated carbocycles. The fourth-order valence-electron chi connectivity index (χ4n) is 3.05. The Labute approximate surface area is 105 Å². The predicted octanol–water partition coefficient (Wildman–Crippen LogP) is 2.07. The van der Waals surface area contributed by atoms with Gasteiger partial charge in [-0.05, 0) is 44.7 Å². The second kappa shape index (κ2) is 7.00. The maximum atomic E-state index is 12.0. The molecule has 0 spiro atoms. The average molecular weight is 238 g/mol. The number of hydrogen-bond acceptors (Lipinski definition) is 2. The third-order valence-corrected chi connectivity index (χ3v) is 4.24. The van der Waals surface area contributed by atoms with Gasteiger partial charge in [0.15, 0.2) is 0 Å². The van der Waals surface area contributed by atoms with E-state index in [2.05, 4.69) is 10.6 Å². The molecule has 17 heavy (non-hydrogen) atoms. The van der Waals surface area contributed by atoms with E-state index in [4.69, 9.17) is 0 Å². The Morgan fingerprint density at radius 2 is 1.88 bits per heavy atom. The van der Waals surface area contributed by atoms with Gasteiger partial charge in [-0.2, -0.15) is 0 Å². The number of rotatable bonds is 4. The fraction of sp³-hybridized carbons (Fsp3) is 0.929. The lowest BCUT2D eigenvalue weighted by molar-refractivity contribution is -0.125. The van der Waals surface area contributed by atoms with E-state index in [1.54, 1.807) is 0 Å². The number of carbonyl (C=O) groups excluding carboxylic acids is 1. The Morgan fingerprint density at radius 3 is 2.53 bits per heavy atom. The third-order valence-electron chi connectivity index (χ3n) is 4.24. The van der Waals surface area contributed by atoms with Crippen LogP contribution in [0.25, 0.3) is 0 Å². The molecular formula is C14H26N2O. The second-order valence-corrected chi connectivity index (χ2v) is 5.63. The van der Waals surface area contributed by atoms with E-state index < -0.39 is 0 Å². The largest absolute Gasteiger partial charge is 0.356 e. The van der Waals surface area contributed by atoms with Crippen LogP contribution in [-0.4, -0.2) is 25.5 Å². The van der Waals surface area contributed by atoms with Gasteiger partial charge in [-0.25, -0.2) is 0 Å². The van der Waals surface area contributed by atoms with Gasteiger partial charge in [-0.15, -0.1) is 0 Å². The summed E-state index contributed by atoms with van der Waals surface area (Å²) in [5.74, 6) is 1.40. The van der Waals surface area contributed by atoms with E-state index in [1.165, 1.54) is 32.1 Å². The van der Waals surface area contributed by atoms with Crippen molar-refractivity contribution in [2.75, 3.05) is 19.6 Å². The molecular weight excluding hydrogens is 212 g/mol. The monoisotopic (exact) mass is 238 g/mol. The van der Waals surface area contributed by atoms with Gasteiger partial charge in [-0.3, -0.25) is 4.79 Å². The molecule has 98 valence electrons. The first kappa shape index (κ1) is 12.9. The van der Waals surface area contributed by atoms with Crippen molar-refractivity contribution in [2.45, 2.75) is 51.4 Å². The Balaban J connectivity index is 1.61. The minimum absolute atomic E-state index is 0.305. The highest BCUT2D eigenvalue weighted by molar-refractivity contribution is 5.78. The van der Waals surface area contributed by atoms with E-state index in [0.29, 0.717) is 11.8 Å². The van der Waals surface area contributed by atoms with Crippen molar-refractivity contribution in [1.82, 2.24) is 10.6 Å². The zero-order chi connectivity index (χ0) is 11.9. The van der Waals surface area contributed by atoms with Crippen LogP contribution in [0.4, 0.5) is 0 Å². The predicted molar refractivity (Wildman–Crippen MR) is 69.8 cm³/mol. The van der Waals surface area contributed by atoms with E-state index in [9.17, 15) is 4.79 Å². The number of carbonyl (C=O) groups is 1. The Bertz CT molecular complexity index is 228. The van der Waals surface area contributed by atoms with Crippen molar-refractivity contribution in [1.29, 1.82) is 0 Å². The molecule has 1 amide bonds. The molecule has 0 aromatic heterocycles. The smallest absolute Gasteiger partial charge is 0.223 e. The van der Waals surface area contributed by atoms with Crippen molar-refractivity contribution in [3.05, 3.63) is 0 Å². The highest BCUT2D eigenvalue weighted by Crippen LogP contribution is 2.22. The summed E-state index contributed by atoms with van der Waals surface area (Å²) in [7, 11) is 0. The molecule has 2 aliphatic rings. The Hall–Kier alpha value is -0.570. The lowest BCUT2D eigenvalue weighted by Gasteiger charge is -2.15. The molecule has 1 atom stereocenters. The normalized spacial score (nSPS) is 26.7. The molecule has 0 radical (unpaired) electrons. The molecule has 1 saturated heterocycles. The first-order chi connectivity index (χ1) is 8.36. The summed E-state index contributed by atoms with van der Waals surface area (Å²) in [5.41, 5.74) is 0. The molecule has 0 bridgehead atoms. The van der Waals surface area contributed by atoms with Crippen LogP contribution < -0.4 is 10.6 Å². The summed E-state index contributed by atoms with van der Waals surface area (Å²) in [6, 6.07) is 0. The van der Waals surface area contributed by atoms with Gasteiger partial charge in [0.2, 0.25) is 5.91 Å². The van der Waals surface area contributed by atoms with Gasteiger partial charge in [-0.1, -0.05) is 25.7 Å². The number of amides is 1. The Morgan fingerprint density at radius 1 is 1.12 bits per heavy atom. The van der Waals surface area contributed by atoms with Crippen LogP contribution in [0.15, 0.2) is 0 Å². The minimum atomic E-state index is 0.305. The van der Waals surface area contributed by atoms with Gasteiger partial charge in [0.1, 0.15) is 0 Å². The van der Waals surface area contributed by atoms with Crippen LogP contribution in [0.3, 0.4) is 0 Å². The zero-order valence-electron chi connectivity index (χ0n) is 10.8. The summed E-state index contributed by atoms with van der Waals surface area (Å²) in [4.78, 5) is 12.0. The summed E-state index contributed by atoms with van der Waals surface area (Å²) in [5, 5.41) is 6.51. The highest BCUT2D eigenvalue weighted by atomic mass is 16.1. The third kappa shape index (κ3) is 4.30. The maximum Gasteiger partial charge on any atom is 0.223 e. The molecule has 1 unspecified atom stereocenters. The van der Waals surface area contributed by atoms with Gasteiger partial charge >= 0.3 is 0 Å². The topological polar surface area (TPSA) is 41.1 Å². The zero-order valence-corrected chi connectivity index (χ0v) is 10.8. The van der Waals surface area contributed by atoms with E-state index in [1.807, 2.05) is 0 Å². The van der Waals surface area contributed by atoms with E-state index >= 15 is 0 Å². The van der Waals surface area contributed by atoms with Gasteiger partial charge in [0.05, 0.1) is 0 Å². The van der Waals surface area contributed by atoms with Crippen LogP contribution in [0.2, 0.25) is 0 Å². The van der Waals surface area contributed by atoms with Gasteiger partial charge < -0.3 is 10.6 Å². The molecule has 1 heterocycles. The lowest BCUT2D eigenvalue weighted by atomic mass is 9.99. The van der Waals surface area contributed by atoms with Crippen LogP contribution in [0.1, 0.15) is 51.4 Å². The quantitative estimate of drug-likeness (QED) is 0.736. The molecule has 3 heteroatoms. The Kier molecular flexibility index (Phi) is 5.30. The molecule has 3 nitrogen and oxygen atoms in total. The summed E-state index contributed by atoms with van der Waals surface area (Å²) < 4.78 is 0. The summed E-state index contributed by atoms with van der Waals surface area (Å²) in [6.07, 6.45) is 9.75. The second-order valence-electron chi connectivity index (χ2n) is 5.63. The van der Waals surface area contributed by atoms with Crippen LogP contribution in [0, 0.1) is 11.8 Å². The number of hydrogen-bond donors (Lipinski definition) is 2. The molecule has 0 aromatic rings. The molecule has 0 aromatic carbocycles. The summed E-state index contributed by atoms with van der Waals surface area (Å²) >= 11 is 0. The lowest BCUT2D eigenvalue weighted by Crippen LogP contribution is -2.32. The molecule has 2 fully saturated rings. The minimum Gasteiger partial charge on any atom is -0.356 e. The van der Waals surface area contributed by atoms with Crippen molar-refractivity contribution >= 4 is 5.91 Å². The summed E-state index contributed by atoms with van der Waals surface area (Å²) in [6.45, 7) is 3.17. The first-order valence-electron chi connectivity index (χ1n) is 7.34. The van der Waals surface area contributed by atoms with E-state index in [0.717, 1.165) is 44.8 Å². The maximum absolute atomic E-state index is 12.0. The van der Waals surface area contributed by atoms with Crippen molar-refractivity contribution in [2.24, 2.45) is 11.8 Å². The highest BCUT2D eigenvalue weighted by Gasteiger charge is 2.20. The van der Waals surface area contributed by atoms with Gasteiger partial charge in [0.25, 0.3) is 0 Å². The van der Waals surface area contributed by atoms with Crippen molar-refractivity contribution in [3.63, 3.8) is 0 Å². The molecule has 1 aliphatic carbocycles. The van der Waals surface area contributed by atoms with Crippen molar-refractivity contribution < 1.29 is 4.79 Å². The standard InChI is InChI=1S/C14H26N2O/c17-14(13-5-3-1-2-4-6-13)16-10-8-12-7-9-15-11-12/h12-13,15H,1-11H2,(H,16,17). The molecule has 1 aliphatic heterocycles. The number of nitrogens with one attached hydrogen (secondary N) is 2. The first-order valence-corrected chi connectivity index (χ1v) is 7.34. The van der Waals surface area contributed by atoms with Crippen molar-refractivity contribution in [3.8, 4) is 0 Å². The van der Waals surface area contributed by atoms with Crippen LogP contribution >= 0.6 is 0 Å². The van der Waals surface area contributed by atoms with Crippen LogP contribution in [-0.2, 0) is 4.79 Å². The average Bonchev–Trinajstić information content (AvgIpc) is 2.69.